The van der Waals surface area contributed by atoms with Crippen molar-refractivity contribution in [3.63, 3.8) is 0 Å². The first kappa shape index (κ1) is 16.8. The minimum atomic E-state index is -0.532. The van der Waals surface area contributed by atoms with Crippen LogP contribution in [0.1, 0.15) is 59.3 Å². The van der Waals surface area contributed by atoms with Gasteiger partial charge in [0.1, 0.15) is 12.2 Å². The van der Waals surface area contributed by atoms with E-state index in [1.165, 1.54) is 12.0 Å². The summed E-state index contributed by atoms with van der Waals surface area (Å²) in [4.78, 5) is 12.2. The van der Waals surface area contributed by atoms with E-state index in [-0.39, 0.29) is 40.5 Å². The smallest absolute Gasteiger partial charge is 0.334 e. The van der Waals surface area contributed by atoms with Gasteiger partial charge in [0.25, 0.3) is 0 Å². The van der Waals surface area contributed by atoms with Crippen molar-refractivity contribution < 1.29 is 24.1 Å². The number of carbonyl (C=O) groups is 1. The zero-order valence-corrected chi connectivity index (χ0v) is 17.0. The number of aliphatic hydroxyl groups is 1. The predicted octanol–water partition coefficient (Wildman–Crippen LogP) is 2.75. The molecule has 0 aromatic rings. The van der Waals surface area contributed by atoms with Crippen LogP contribution in [0.4, 0.5) is 0 Å². The van der Waals surface area contributed by atoms with Crippen LogP contribution in [0.5, 0.6) is 0 Å². The minimum absolute atomic E-state index is 0.0466. The molecule has 9 atom stereocenters. The number of hydrogen-bond donors (Lipinski definition) is 1. The van der Waals surface area contributed by atoms with Crippen LogP contribution in [0.3, 0.4) is 0 Å². The van der Waals surface area contributed by atoms with Crippen molar-refractivity contribution in [1.29, 1.82) is 0 Å². The Kier molecular flexibility index (Phi) is 2.74. The van der Waals surface area contributed by atoms with Gasteiger partial charge in [0, 0.05) is 16.4 Å². The lowest BCUT2D eigenvalue weighted by Gasteiger charge is -2.58. The van der Waals surface area contributed by atoms with Gasteiger partial charge in [-0.05, 0) is 55.4 Å². The van der Waals surface area contributed by atoms with Crippen LogP contribution in [0.25, 0.3) is 0 Å². The molecule has 0 aromatic carbocycles. The quantitative estimate of drug-likeness (QED) is 0.554. The van der Waals surface area contributed by atoms with E-state index in [2.05, 4.69) is 20.8 Å². The fourth-order valence-corrected chi connectivity index (χ4v) is 9.26. The molecule has 3 heterocycles. The van der Waals surface area contributed by atoms with E-state index in [0.29, 0.717) is 18.4 Å². The summed E-state index contributed by atoms with van der Waals surface area (Å²) in [6, 6.07) is 0. The predicted molar refractivity (Wildman–Crippen MR) is 99.3 cm³/mol. The molecule has 1 N–H and O–H groups in total. The number of fused-ring (bicyclic) bond motifs is 4. The van der Waals surface area contributed by atoms with Crippen molar-refractivity contribution in [3.8, 4) is 0 Å². The third-order valence-corrected chi connectivity index (χ3v) is 10.5. The Morgan fingerprint density at radius 3 is 2.82 bits per heavy atom. The largest absolute Gasteiger partial charge is 0.458 e. The molecule has 7 rings (SSSR count). The Bertz CT molecular complexity index is 848. The zero-order chi connectivity index (χ0) is 19.3. The maximum atomic E-state index is 12.2. The summed E-state index contributed by atoms with van der Waals surface area (Å²) >= 11 is 0. The second kappa shape index (κ2) is 4.55. The van der Waals surface area contributed by atoms with Crippen LogP contribution >= 0.6 is 0 Å². The van der Waals surface area contributed by atoms with Gasteiger partial charge in [0.05, 0.1) is 18.3 Å². The minimum Gasteiger partial charge on any atom is -0.458 e. The van der Waals surface area contributed by atoms with Crippen LogP contribution in [0.15, 0.2) is 11.1 Å². The van der Waals surface area contributed by atoms with Gasteiger partial charge in [0.2, 0.25) is 0 Å². The molecule has 3 saturated carbocycles. The lowest BCUT2D eigenvalue weighted by atomic mass is 9.43. The molecule has 0 aromatic heterocycles. The van der Waals surface area contributed by atoms with E-state index >= 15 is 0 Å². The fraction of sp³-hybridized carbons (Fsp3) is 0.870. The van der Waals surface area contributed by atoms with Gasteiger partial charge in [-0.15, -0.1) is 0 Å². The third-order valence-electron chi connectivity index (χ3n) is 10.5. The van der Waals surface area contributed by atoms with Gasteiger partial charge in [-0.1, -0.05) is 27.2 Å². The first-order valence-electron chi connectivity index (χ1n) is 11.3. The lowest BCUT2D eigenvalue weighted by molar-refractivity contribution is -0.149. The summed E-state index contributed by atoms with van der Waals surface area (Å²) in [7, 11) is 0. The SMILES string of the molecule is CC(C)[C@]12CCC[C@H]1[C@@H]1O[C@]13[C@]1(O[C@H]1CC1C4=C(CC[C@@]13C)C(=O)OC4)[C@@H]2O. The summed E-state index contributed by atoms with van der Waals surface area (Å²) < 4.78 is 18.7. The highest BCUT2D eigenvalue weighted by atomic mass is 16.7. The molecular formula is C23H30O5. The standard InChI is InChI=1S/C23H30O5/c1-11(2)21-7-4-5-14(21)17-23(28-17)20(3)8-6-12-13(10-26-18(12)24)15(20)9-16-22(23,27-16)19(21)25/h11,14-17,19,25H,4-10H2,1-3H3/t14-,15?,16-,17-,19+,20-,21+,22+,23+/m0/s1. The molecule has 1 unspecified atom stereocenters. The topological polar surface area (TPSA) is 71.6 Å². The molecule has 5 nitrogen and oxygen atoms in total. The molecule has 0 radical (unpaired) electrons. The van der Waals surface area contributed by atoms with Crippen molar-refractivity contribution in [2.24, 2.45) is 28.6 Å². The van der Waals surface area contributed by atoms with Crippen molar-refractivity contribution in [3.05, 3.63) is 11.1 Å². The van der Waals surface area contributed by atoms with Crippen LogP contribution in [-0.4, -0.2) is 47.2 Å². The van der Waals surface area contributed by atoms with Gasteiger partial charge in [-0.25, -0.2) is 4.79 Å². The number of hydrogen-bond acceptors (Lipinski definition) is 5. The molecule has 2 saturated heterocycles. The Hall–Kier alpha value is -0.910. The first-order chi connectivity index (χ1) is 13.3. The molecule has 5 heteroatoms. The average Bonchev–Trinajstić information content (AvgIpc) is 3.49. The fourth-order valence-electron chi connectivity index (χ4n) is 9.26. The Morgan fingerprint density at radius 1 is 1.21 bits per heavy atom. The van der Waals surface area contributed by atoms with Gasteiger partial charge in [-0.3, -0.25) is 0 Å². The molecular weight excluding hydrogens is 356 g/mol. The van der Waals surface area contributed by atoms with Gasteiger partial charge in [0.15, 0.2) is 5.60 Å². The van der Waals surface area contributed by atoms with E-state index in [1.54, 1.807) is 0 Å². The highest BCUT2D eigenvalue weighted by Gasteiger charge is 2.96. The van der Waals surface area contributed by atoms with Crippen LogP contribution in [0.2, 0.25) is 0 Å². The van der Waals surface area contributed by atoms with Gasteiger partial charge >= 0.3 is 5.97 Å². The summed E-state index contributed by atoms with van der Waals surface area (Å²) in [5.41, 5.74) is 1.03. The molecule has 4 aliphatic carbocycles. The lowest BCUT2D eigenvalue weighted by Crippen LogP contribution is -2.70. The molecule has 7 aliphatic rings. The molecule has 5 fully saturated rings. The van der Waals surface area contributed by atoms with E-state index in [9.17, 15) is 9.90 Å². The van der Waals surface area contributed by atoms with Crippen LogP contribution < -0.4 is 0 Å². The highest BCUT2D eigenvalue weighted by molar-refractivity contribution is 5.92. The maximum Gasteiger partial charge on any atom is 0.334 e. The van der Waals surface area contributed by atoms with Gasteiger partial charge in [-0.2, -0.15) is 0 Å². The molecule has 0 amide bonds. The van der Waals surface area contributed by atoms with Crippen molar-refractivity contribution >= 4 is 5.97 Å². The number of epoxide rings is 2. The molecule has 3 aliphatic heterocycles. The summed E-state index contributed by atoms with van der Waals surface area (Å²) in [5, 5.41) is 11.9. The Morgan fingerprint density at radius 2 is 2.04 bits per heavy atom. The van der Waals surface area contributed by atoms with Crippen molar-refractivity contribution in [2.45, 2.75) is 88.8 Å². The number of aliphatic hydroxyl groups excluding tert-OH is 1. The monoisotopic (exact) mass is 386 g/mol. The second-order valence-corrected chi connectivity index (χ2v) is 11.1. The zero-order valence-electron chi connectivity index (χ0n) is 17.0. The summed E-state index contributed by atoms with van der Waals surface area (Å²) in [5.74, 6) is 0.997. The number of ether oxygens (including phenoxy) is 3. The Labute approximate surface area is 165 Å². The summed E-state index contributed by atoms with van der Waals surface area (Å²) in [6.07, 6.45) is 5.79. The molecule has 152 valence electrons. The summed E-state index contributed by atoms with van der Waals surface area (Å²) in [6.45, 7) is 7.35. The second-order valence-electron chi connectivity index (χ2n) is 11.1. The van der Waals surface area contributed by atoms with Gasteiger partial charge < -0.3 is 19.3 Å². The number of cyclic esters (lactones) is 1. The molecule has 2 spiro atoms. The van der Waals surface area contributed by atoms with Crippen LogP contribution in [0, 0.1) is 28.6 Å². The molecule has 0 bridgehead atoms. The number of rotatable bonds is 1. The number of esters is 1. The number of carbonyl (C=O) groups excluding carboxylic acids is 1. The van der Waals surface area contributed by atoms with Crippen molar-refractivity contribution in [2.75, 3.05) is 6.61 Å². The average molecular weight is 386 g/mol. The van der Waals surface area contributed by atoms with Crippen molar-refractivity contribution in [1.82, 2.24) is 0 Å². The molecule has 28 heavy (non-hydrogen) atoms. The highest BCUT2D eigenvalue weighted by Crippen LogP contribution is 2.83. The Balaban J connectivity index is 1.39. The van der Waals surface area contributed by atoms with E-state index in [0.717, 1.165) is 37.7 Å². The van der Waals surface area contributed by atoms with E-state index in [4.69, 9.17) is 14.2 Å². The normalized spacial score (nSPS) is 60.3. The van der Waals surface area contributed by atoms with Crippen LogP contribution in [-0.2, 0) is 19.0 Å². The third kappa shape index (κ3) is 1.37. The maximum absolute atomic E-state index is 12.2. The van der Waals surface area contributed by atoms with E-state index in [1.807, 2.05) is 0 Å². The first-order valence-corrected chi connectivity index (χ1v) is 11.3. The van der Waals surface area contributed by atoms with E-state index < -0.39 is 11.7 Å².